The van der Waals surface area contributed by atoms with Gasteiger partial charge in [0.25, 0.3) is 5.91 Å². The van der Waals surface area contributed by atoms with Crippen LogP contribution in [0.1, 0.15) is 35.7 Å². The molecule has 1 amide bonds. The van der Waals surface area contributed by atoms with Crippen molar-refractivity contribution in [3.05, 3.63) is 59.7 Å². The van der Waals surface area contributed by atoms with E-state index >= 15 is 0 Å². The van der Waals surface area contributed by atoms with Gasteiger partial charge in [0.1, 0.15) is 0 Å². The van der Waals surface area contributed by atoms with Gasteiger partial charge < -0.3 is 20.1 Å². The molecule has 1 heterocycles. The van der Waals surface area contributed by atoms with Crippen LogP contribution in [-0.4, -0.2) is 36.7 Å². The summed E-state index contributed by atoms with van der Waals surface area (Å²) in [4.78, 5) is 15.2. The zero-order valence-corrected chi connectivity index (χ0v) is 15.2. The molecule has 0 radical (unpaired) electrons. The zero-order chi connectivity index (χ0) is 18.4. The molecular weight excluding hydrogens is 328 g/mol. The van der Waals surface area contributed by atoms with Crippen LogP contribution in [-0.2, 0) is 6.42 Å². The summed E-state index contributed by atoms with van der Waals surface area (Å²) in [7, 11) is 0. The highest BCUT2D eigenvalue weighted by Gasteiger charge is 2.25. The maximum atomic E-state index is 13.2. The van der Waals surface area contributed by atoms with Gasteiger partial charge in [0.05, 0.1) is 0 Å². The molecule has 1 aliphatic rings. The molecule has 3 rings (SSSR count). The highest BCUT2D eigenvalue weighted by Crippen LogP contribution is 2.33. The summed E-state index contributed by atoms with van der Waals surface area (Å²) in [6.07, 6.45) is 2.46. The molecule has 0 saturated carbocycles. The molecular formula is C21H26N2O3. The predicted octanol–water partition coefficient (Wildman–Crippen LogP) is 3.23. The molecule has 26 heavy (non-hydrogen) atoms. The van der Waals surface area contributed by atoms with Gasteiger partial charge in [0.15, 0.2) is 11.5 Å². The van der Waals surface area contributed by atoms with Crippen molar-refractivity contribution in [1.82, 2.24) is 4.90 Å². The average molecular weight is 354 g/mol. The van der Waals surface area contributed by atoms with E-state index < -0.39 is 0 Å². The van der Waals surface area contributed by atoms with Gasteiger partial charge in [-0.2, -0.15) is 0 Å². The molecule has 0 aromatic heterocycles. The van der Waals surface area contributed by atoms with E-state index in [1.165, 1.54) is 5.56 Å². The van der Waals surface area contributed by atoms with Gasteiger partial charge in [-0.3, -0.25) is 4.79 Å². The number of carbonyl (C=O) groups excluding carboxylic acids is 1. The van der Waals surface area contributed by atoms with Crippen LogP contribution in [0, 0.1) is 0 Å². The van der Waals surface area contributed by atoms with Gasteiger partial charge in [-0.1, -0.05) is 37.3 Å². The average Bonchev–Trinajstić information content (AvgIpc) is 3.14. The predicted molar refractivity (Wildman–Crippen MR) is 101 cm³/mol. The van der Waals surface area contributed by atoms with Crippen LogP contribution < -0.4 is 15.2 Å². The third kappa shape index (κ3) is 4.17. The number of nitrogens with zero attached hydrogens (tertiary/aromatic N) is 1. The number of amides is 1. The Hall–Kier alpha value is -2.53. The minimum absolute atomic E-state index is 0.0135. The topological polar surface area (TPSA) is 64.8 Å². The minimum Gasteiger partial charge on any atom is -0.454 e. The lowest BCUT2D eigenvalue weighted by Gasteiger charge is -2.32. The molecule has 0 bridgehead atoms. The van der Waals surface area contributed by atoms with Gasteiger partial charge >= 0.3 is 0 Å². The van der Waals surface area contributed by atoms with E-state index in [1.54, 1.807) is 18.2 Å². The molecule has 138 valence electrons. The first-order chi connectivity index (χ1) is 12.7. The molecule has 2 aromatic carbocycles. The lowest BCUT2D eigenvalue weighted by molar-refractivity contribution is 0.0669. The third-order valence-corrected chi connectivity index (χ3v) is 4.60. The van der Waals surface area contributed by atoms with Crippen LogP contribution in [0.4, 0.5) is 0 Å². The summed E-state index contributed by atoms with van der Waals surface area (Å²) in [5, 5.41) is 0. The molecule has 0 saturated heterocycles. The Labute approximate surface area is 154 Å². The Morgan fingerprint density at radius 1 is 1.15 bits per heavy atom. The summed E-state index contributed by atoms with van der Waals surface area (Å²) in [5.41, 5.74) is 7.69. The van der Waals surface area contributed by atoms with Crippen molar-refractivity contribution < 1.29 is 14.3 Å². The summed E-state index contributed by atoms with van der Waals surface area (Å²) >= 11 is 0. The second-order valence-electron chi connectivity index (χ2n) is 6.49. The van der Waals surface area contributed by atoms with Crippen molar-refractivity contribution in [2.24, 2.45) is 5.73 Å². The van der Waals surface area contributed by atoms with Crippen LogP contribution in [0.2, 0.25) is 0 Å². The summed E-state index contributed by atoms with van der Waals surface area (Å²) in [6, 6.07) is 15.7. The molecule has 5 nitrogen and oxygen atoms in total. The molecule has 2 aromatic rings. The molecule has 5 heteroatoms. The van der Waals surface area contributed by atoms with Crippen molar-refractivity contribution in [3.63, 3.8) is 0 Å². The summed E-state index contributed by atoms with van der Waals surface area (Å²) in [5.74, 6) is 1.33. The van der Waals surface area contributed by atoms with Crippen LogP contribution in [0.25, 0.3) is 0 Å². The minimum atomic E-state index is 0.0135. The molecule has 1 aliphatic heterocycles. The van der Waals surface area contributed by atoms with Gasteiger partial charge in [0.2, 0.25) is 6.79 Å². The van der Waals surface area contributed by atoms with E-state index in [2.05, 4.69) is 19.1 Å². The van der Waals surface area contributed by atoms with Crippen LogP contribution in [0.5, 0.6) is 11.5 Å². The van der Waals surface area contributed by atoms with Crippen molar-refractivity contribution in [2.75, 3.05) is 19.9 Å². The lowest BCUT2D eigenvalue weighted by atomic mass is 10.00. The van der Waals surface area contributed by atoms with Crippen LogP contribution >= 0.6 is 0 Å². The molecule has 1 unspecified atom stereocenters. The first-order valence-electron chi connectivity index (χ1n) is 9.17. The Kier molecular flexibility index (Phi) is 6.12. The normalized spacial score (nSPS) is 13.5. The summed E-state index contributed by atoms with van der Waals surface area (Å²) in [6.45, 7) is 3.54. The maximum Gasteiger partial charge on any atom is 0.254 e. The fourth-order valence-corrected chi connectivity index (χ4v) is 3.33. The van der Waals surface area contributed by atoms with Gasteiger partial charge in [-0.15, -0.1) is 0 Å². The van der Waals surface area contributed by atoms with E-state index in [0.29, 0.717) is 30.2 Å². The Morgan fingerprint density at radius 2 is 1.92 bits per heavy atom. The highest BCUT2D eigenvalue weighted by atomic mass is 16.7. The lowest BCUT2D eigenvalue weighted by Crippen LogP contribution is -2.43. The fourth-order valence-electron chi connectivity index (χ4n) is 3.33. The van der Waals surface area contributed by atoms with Crippen molar-refractivity contribution in [2.45, 2.75) is 32.2 Å². The first-order valence-corrected chi connectivity index (χ1v) is 9.17. The van der Waals surface area contributed by atoms with E-state index in [0.717, 1.165) is 19.3 Å². The number of benzene rings is 2. The Bertz CT molecular complexity index is 733. The van der Waals surface area contributed by atoms with E-state index in [-0.39, 0.29) is 18.7 Å². The van der Waals surface area contributed by atoms with Gasteiger partial charge in [-0.05, 0) is 49.6 Å². The van der Waals surface area contributed by atoms with Gasteiger partial charge in [0, 0.05) is 18.2 Å². The zero-order valence-electron chi connectivity index (χ0n) is 15.2. The number of ether oxygens (including phenoxy) is 2. The SMILES string of the molecule is CCCN(C(=O)c1ccc2c(c1)OCO2)C(CCN)Cc1ccccc1. The number of hydrogen-bond acceptors (Lipinski definition) is 4. The Morgan fingerprint density at radius 3 is 2.65 bits per heavy atom. The molecule has 0 spiro atoms. The fraction of sp³-hybridized carbons (Fsp3) is 0.381. The van der Waals surface area contributed by atoms with Crippen LogP contribution in [0.15, 0.2) is 48.5 Å². The Balaban J connectivity index is 1.83. The number of rotatable bonds is 8. The molecule has 0 aliphatic carbocycles. The van der Waals surface area contributed by atoms with Crippen molar-refractivity contribution in [1.29, 1.82) is 0 Å². The van der Waals surface area contributed by atoms with Crippen molar-refractivity contribution >= 4 is 5.91 Å². The number of hydrogen-bond donors (Lipinski definition) is 1. The molecule has 1 atom stereocenters. The first kappa shape index (κ1) is 18.3. The quantitative estimate of drug-likeness (QED) is 0.790. The standard InChI is InChI=1S/C21H26N2O3/c1-2-12-23(18(10-11-22)13-16-6-4-3-5-7-16)21(24)17-8-9-19-20(14-17)26-15-25-19/h3-9,14,18H,2,10-13,15,22H2,1H3. The second-order valence-corrected chi connectivity index (χ2v) is 6.49. The number of nitrogens with two attached hydrogens (primary N) is 1. The highest BCUT2D eigenvalue weighted by molar-refractivity contribution is 5.95. The van der Waals surface area contributed by atoms with E-state index in [1.807, 2.05) is 23.1 Å². The van der Waals surface area contributed by atoms with E-state index in [4.69, 9.17) is 15.2 Å². The third-order valence-electron chi connectivity index (χ3n) is 4.60. The summed E-state index contributed by atoms with van der Waals surface area (Å²) < 4.78 is 10.8. The van der Waals surface area contributed by atoms with Gasteiger partial charge in [-0.25, -0.2) is 0 Å². The van der Waals surface area contributed by atoms with Crippen molar-refractivity contribution in [3.8, 4) is 11.5 Å². The monoisotopic (exact) mass is 354 g/mol. The number of fused-ring (bicyclic) bond motifs is 1. The molecule has 0 fully saturated rings. The van der Waals surface area contributed by atoms with E-state index in [9.17, 15) is 4.79 Å². The maximum absolute atomic E-state index is 13.2. The smallest absolute Gasteiger partial charge is 0.254 e. The molecule has 2 N–H and O–H groups in total. The largest absolute Gasteiger partial charge is 0.454 e. The second kappa shape index (κ2) is 8.72. The number of carbonyl (C=O) groups is 1. The van der Waals surface area contributed by atoms with Crippen LogP contribution in [0.3, 0.4) is 0 Å².